The summed E-state index contributed by atoms with van der Waals surface area (Å²) in [6, 6.07) is 10.4. The Morgan fingerprint density at radius 1 is 1.26 bits per heavy atom. The highest BCUT2D eigenvalue weighted by molar-refractivity contribution is 7.98. The highest BCUT2D eigenvalue weighted by atomic mass is 32.2. The Bertz CT molecular complexity index is 579. The molecule has 1 aliphatic rings. The van der Waals surface area contributed by atoms with Crippen molar-refractivity contribution in [3.05, 3.63) is 35.9 Å². The highest BCUT2D eigenvalue weighted by Gasteiger charge is 2.28. The van der Waals surface area contributed by atoms with Crippen molar-refractivity contribution in [2.45, 2.75) is 32.6 Å². The Morgan fingerprint density at radius 3 is 2.81 bits per heavy atom. The largest absolute Gasteiger partial charge is 0.357 e. The Morgan fingerprint density at radius 2 is 2.07 bits per heavy atom. The number of hydrogen-bond donors (Lipinski definition) is 2. The average molecular weight is 391 g/mol. The summed E-state index contributed by atoms with van der Waals surface area (Å²) in [4.78, 5) is 19.0. The minimum absolute atomic E-state index is 0.265. The van der Waals surface area contributed by atoms with Crippen LogP contribution in [0.2, 0.25) is 0 Å². The molecule has 1 aromatic carbocycles. The maximum absolute atomic E-state index is 12.3. The van der Waals surface area contributed by atoms with Gasteiger partial charge in [0, 0.05) is 45.1 Å². The predicted octanol–water partition coefficient (Wildman–Crippen LogP) is 2.78. The van der Waals surface area contributed by atoms with Crippen LogP contribution < -0.4 is 10.6 Å². The third-order valence-electron chi connectivity index (χ3n) is 4.73. The molecule has 0 bridgehead atoms. The molecule has 1 saturated heterocycles. The molecular weight excluding hydrogens is 356 g/mol. The van der Waals surface area contributed by atoms with Crippen LogP contribution in [0.4, 0.5) is 0 Å². The molecule has 27 heavy (non-hydrogen) atoms. The normalized spacial score (nSPS) is 17.4. The van der Waals surface area contributed by atoms with Crippen LogP contribution in [0.3, 0.4) is 0 Å². The molecular formula is C21H34N4OS. The molecule has 1 unspecified atom stereocenters. The summed E-state index contributed by atoms with van der Waals surface area (Å²) in [5, 5.41) is 6.71. The van der Waals surface area contributed by atoms with Gasteiger partial charge in [0.05, 0.1) is 0 Å². The first-order valence-electron chi connectivity index (χ1n) is 10.1. The number of likely N-dealkylation sites (tertiary alicyclic amines) is 1. The second kappa shape index (κ2) is 12.7. The van der Waals surface area contributed by atoms with Crippen molar-refractivity contribution >= 4 is 23.6 Å². The van der Waals surface area contributed by atoms with Gasteiger partial charge in [0.25, 0.3) is 0 Å². The Labute approximate surface area is 168 Å². The van der Waals surface area contributed by atoms with Gasteiger partial charge in [-0.2, -0.15) is 11.8 Å². The van der Waals surface area contributed by atoms with Gasteiger partial charge in [0.15, 0.2) is 5.96 Å². The number of benzene rings is 1. The fourth-order valence-electron chi connectivity index (χ4n) is 3.24. The van der Waals surface area contributed by atoms with Gasteiger partial charge in [-0.3, -0.25) is 9.79 Å². The molecule has 1 atom stereocenters. The topological polar surface area (TPSA) is 56.7 Å². The molecule has 0 spiro atoms. The average Bonchev–Trinajstić information content (AvgIpc) is 3.04. The number of rotatable bonds is 11. The van der Waals surface area contributed by atoms with Crippen LogP contribution >= 0.6 is 11.8 Å². The first kappa shape index (κ1) is 21.6. The molecule has 2 N–H and O–H groups in total. The number of carbonyl (C=O) groups is 1. The van der Waals surface area contributed by atoms with Crippen molar-refractivity contribution in [2.75, 3.05) is 44.7 Å². The lowest BCUT2D eigenvalue weighted by atomic mass is 10.1. The van der Waals surface area contributed by atoms with Gasteiger partial charge < -0.3 is 15.5 Å². The fourth-order valence-corrected chi connectivity index (χ4v) is 3.73. The fraction of sp³-hybridized carbons (Fsp3) is 0.619. The maximum Gasteiger partial charge on any atom is 0.223 e. The number of amides is 1. The Kier molecular flexibility index (Phi) is 10.1. The molecule has 2 rings (SSSR count). The molecule has 0 aliphatic carbocycles. The van der Waals surface area contributed by atoms with E-state index < -0.39 is 0 Å². The summed E-state index contributed by atoms with van der Waals surface area (Å²) in [5.41, 5.74) is 1.28. The number of nitrogens with one attached hydrogen (secondary N) is 2. The summed E-state index contributed by atoms with van der Waals surface area (Å²) in [6.45, 7) is 6.20. The van der Waals surface area contributed by atoms with Gasteiger partial charge in [-0.1, -0.05) is 30.3 Å². The van der Waals surface area contributed by atoms with E-state index in [9.17, 15) is 4.79 Å². The van der Waals surface area contributed by atoms with Crippen LogP contribution in [0.25, 0.3) is 0 Å². The first-order valence-corrected chi connectivity index (χ1v) is 11.4. The lowest BCUT2D eigenvalue weighted by Crippen LogP contribution is -2.38. The zero-order chi connectivity index (χ0) is 19.3. The number of carbonyl (C=O) groups excluding carboxylic acids is 1. The van der Waals surface area contributed by atoms with Crippen LogP contribution in [0, 0.1) is 5.92 Å². The molecule has 150 valence electrons. The van der Waals surface area contributed by atoms with Crippen molar-refractivity contribution in [1.82, 2.24) is 15.5 Å². The maximum atomic E-state index is 12.3. The Hall–Kier alpha value is -1.69. The van der Waals surface area contributed by atoms with E-state index in [2.05, 4.69) is 48.1 Å². The molecule has 1 fully saturated rings. The van der Waals surface area contributed by atoms with Crippen LogP contribution in [-0.2, 0) is 11.2 Å². The van der Waals surface area contributed by atoms with E-state index >= 15 is 0 Å². The van der Waals surface area contributed by atoms with E-state index in [0.717, 1.165) is 45.0 Å². The van der Waals surface area contributed by atoms with Crippen LogP contribution in [-0.4, -0.2) is 61.5 Å². The zero-order valence-corrected chi connectivity index (χ0v) is 17.6. The second-order valence-electron chi connectivity index (χ2n) is 6.99. The zero-order valence-electron chi connectivity index (χ0n) is 16.7. The van der Waals surface area contributed by atoms with E-state index in [0.29, 0.717) is 18.9 Å². The third-order valence-corrected chi connectivity index (χ3v) is 5.42. The molecule has 0 saturated carbocycles. The standard InChI is InChI=1S/C21H34N4OS/c1-3-22-21(23-12-7-8-14-27-2)24-16-19-15-20(26)25(17-19)13-11-18-9-5-4-6-10-18/h4-6,9-10,19H,3,7-8,11-17H2,1-2H3,(H2,22,23,24). The molecule has 6 heteroatoms. The van der Waals surface area contributed by atoms with E-state index in [1.807, 2.05) is 22.7 Å². The van der Waals surface area contributed by atoms with Gasteiger partial charge in [-0.05, 0) is 43.8 Å². The molecule has 1 aliphatic heterocycles. The predicted molar refractivity (Wildman–Crippen MR) is 116 cm³/mol. The summed E-state index contributed by atoms with van der Waals surface area (Å²) in [7, 11) is 0. The molecule has 0 aromatic heterocycles. The molecule has 1 aromatic rings. The number of hydrogen-bond acceptors (Lipinski definition) is 3. The van der Waals surface area contributed by atoms with Crippen molar-refractivity contribution in [3.8, 4) is 0 Å². The van der Waals surface area contributed by atoms with E-state index in [-0.39, 0.29) is 5.91 Å². The summed E-state index contributed by atoms with van der Waals surface area (Å²) in [6.07, 6.45) is 6.06. The smallest absolute Gasteiger partial charge is 0.223 e. The lowest BCUT2D eigenvalue weighted by Gasteiger charge is -2.16. The first-order chi connectivity index (χ1) is 13.2. The number of aliphatic imine (C=N–C) groups is 1. The summed E-state index contributed by atoms with van der Waals surface area (Å²) < 4.78 is 0. The van der Waals surface area contributed by atoms with Gasteiger partial charge in [-0.25, -0.2) is 0 Å². The van der Waals surface area contributed by atoms with E-state index in [4.69, 9.17) is 4.99 Å². The number of unbranched alkanes of at least 4 members (excludes halogenated alkanes) is 1. The van der Waals surface area contributed by atoms with Crippen molar-refractivity contribution in [3.63, 3.8) is 0 Å². The molecule has 1 heterocycles. The number of thioether (sulfide) groups is 1. The summed E-state index contributed by atoms with van der Waals surface area (Å²) in [5.74, 6) is 2.66. The van der Waals surface area contributed by atoms with E-state index in [1.165, 1.54) is 17.7 Å². The lowest BCUT2D eigenvalue weighted by molar-refractivity contribution is -0.127. The van der Waals surface area contributed by atoms with Crippen molar-refractivity contribution in [1.29, 1.82) is 0 Å². The Balaban J connectivity index is 1.74. The SMILES string of the molecule is CCNC(=NCC1CC(=O)N(CCc2ccccc2)C1)NCCCCSC. The van der Waals surface area contributed by atoms with Crippen LogP contribution in [0.1, 0.15) is 31.7 Å². The van der Waals surface area contributed by atoms with Gasteiger partial charge >= 0.3 is 0 Å². The molecule has 5 nitrogen and oxygen atoms in total. The van der Waals surface area contributed by atoms with Crippen LogP contribution in [0.15, 0.2) is 35.3 Å². The van der Waals surface area contributed by atoms with Crippen molar-refractivity contribution in [2.24, 2.45) is 10.9 Å². The minimum atomic E-state index is 0.265. The highest BCUT2D eigenvalue weighted by Crippen LogP contribution is 2.18. The van der Waals surface area contributed by atoms with Gasteiger partial charge in [0.1, 0.15) is 0 Å². The van der Waals surface area contributed by atoms with Crippen LogP contribution in [0.5, 0.6) is 0 Å². The number of nitrogens with zero attached hydrogens (tertiary/aromatic N) is 2. The van der Waals surface area contributed by atoms with Gasteiger partial charge in [0.2, 0.25) is 5.91 Å². The van der Waals surface area contributed by atoms with E-state index in [1.54, 1.807) is 0 Å². The third kappa shape index (κ3) is 8.24. The monoisotopic (exact) mass is 390 g/mol. The second-order valence-corrected chi connectivity index (χ2v) is 7.98. The molecule has 1 amide bonds. The number of guanidine groups is 1. The minimum Gasteiger partial charge on any atom is -0.357 e. The van der Waals surface area contributed by atoms with Crippen molar-refractivity contribution < 1.29 is 4.79 Å². The summed E-state index contributed by atoms with van der Waals surface area (Å²) >= 11 is 1.89. The quantitative estimate of drug-likeness (QED) is 0.347. The molecule has 0 radical (unpaired) electrons. The van der Waals surface area contributed by atoms with Gasteiger partial charge in [-0.15, -0.1) is 0 Å².